The Morgan fingerprint density at radius 3 is 0.714 bits per heavy atom. The second-order valence-electron chi connectivity index (χ2n) is 12.8. The Kier molecular flexibility index (Phi) is 35.2. The Bertz CT molecular complexity index is 499. The van der Waals surface area contributed by atoms with Gasteiger partial charge in [-0.25, -0.2) is 0 Å². The van der Waals surface area contributed by atoms with E-state index >= 15 is 0 Å². The highest BCUT2D eigenvalue weighted by Gasteiger charge is 2.09. The maximum Gasteiger partial charge on any atom is 0.306 e. The van der Waals surface area contributed by atoms with Crippen LogP contribution in [0.15, 0.2) is 0 Å². The molecular weight excluding hydrogens is 520 g/mol. The van der Waals surface area contributed by atoms with E-state index in [1.54, 1.807) is 0 Å². The van der Waals surface area contributed by atoms with E-state index in [1.165, 1.54) is 167 Å². The van der Waals surface area contributed by atoms with Crippen LogP contribution in [0.4, 0.5) is 0 Å². The summed E-state index contributed by atoms with van der Waals surface area (Å²) < 4.78 is 10.6. The largest absolute Gasteiger partial charge is 0.466 e. The van der Waals surface area contributed by atoms with Gasteiger partial charge in [0.05, 0.1) is 26.1 Å². The van der Waals surface area contributed by atoms with E-state index in [0.29, 0.717) is 13.2 Å². The maximum absolute atomic E-state index is 11.9. The van der Waals surface area contributed by atoms with Crippen LogP contribution in [0.5, 0.6) is 0 Å². The average molecular weight is 595 g/mol. The highest BCUT2D eigenvalue weighted by molar-refractivity contribution is 5.77. The van der Waals surface area contributed by atoms with Crippen molar-refractivity contribution >= 4 is 11.9 Å². The quantitative estimate of drug-likeness (QED) is 0.0541. The van der Waals surface area contributed by atoms with E-state index in [2.05, 4.69) is 13.8 Å². The van der Waals surface area contributed by atoms with Crippen molar-refractivity contribution < 1.29 is 19.1 Å². The molecule has 4 nitrogen and oxygen atoms in total. The molecule has 0 bridgehead atoms. The van der Waals surface area contributed by atoms with Gasteiger partial charge in [-0.2, -0.15) is 0 Å². The molecule has 0 aromatic carbocycles. The van der Waals surface area contributed by atoms with E-state index in [1.807, 2.05) is 0 Å². The van der Waals surface area contributed by atoms with Crippen LogP contribution in [0.25, 0.3) is 0 Å². The Morgan fingerprint density at radius 2 is 0.500 bits per heavy atom. The lowest BCUT2D eigenvalue weighted by molar-refractivity contribution is -0.150. The van der Waals surface area contributed by atoms with Crippen molar-refractivity contribution in [3.63, 3.8) is 0 Å². The van der Waals surface area contributed by atoms with Crippen LogP contribution >= 0.6 is 0 Å². The molecule has 0 atom stereocenters. The number of esters is 2. The van der Waals surface area contributed by atoms with Gasteiger partial charge in [-0.05, 0) is 12.8 Å². The predicted molar refractivity (Wildman–Crippen MR) is 181 cm³/mol. The molecule has 4 heteroatoms. The van der Waals surface area contributed by atoms with Crippen LogP contribution in [0, 0.1) is 0 Å². The van der Waals surface area contributed by atoms with Crippen LogP contribution in [0.1, 0.15) is 219 Å². The minimum Gasteiger partial charge on any atom is -0.466 e. The number of carbonyl (C=O) groups is 2. The highest BCUT2D eigenvalue weighted by Crippen LogP contribution is 2.15. The van der Waals surface area contributed by atoms with Crippen molar-refractivity contribution in [3.8, 4) is 0 Å². The molecule has 0 amide bonds. The van der Waals surface area contributed by atoms with Gasteiger partial charge < -0.3 is 9.47 Å². The van der Waals surface area contributed by atoms with Crippen molar-refractivity contribution in [3.05, 3.63) is 0 Å². The summed E-state index contributed by atoms with van der Waals surface area (Å²) in [7, 11) is 0. The van der Waals surface area contributed by atoms with Crippen molar-refractivity contribution in [2.24, 2.45) is 0 Å². The lowest BCUT2D eigenvalue weighted by Gasteiger charge is -2.07. The van der Waals surface area contributed by atoms with Gasteiger partial charge in [0.15, 0.2) is 0 Å². The summed E-state index contributed by atoms with van der Waals surface area (Å²) in [6, 6.07) is 0. The Hall–Kier alpha value is -1.06. The standard InChI is InChI=1S/C38H74O4/c1-3-5-7-9-11-13-15-17-19-21-23-25-27-29-31-35-41-37(39)33-34-38(40)42-36-32-30-28-26-24-22-20-18-16-14-12-10-8-6-4-2/h3-36H2,1-2H3. The zero-order valence-corrected chi connectivity index (χ0v) is 28.7. The molecule has 0 unspecified atom stereocenters. The Balaban J connectivity index is 3.26. The molecule has 0 rings (SSSR count). The molecule has 0 aliphatic heterocycles. The zero-order valence-electron chi connectivity index (χ0n) is 28.7. The van der Waals surface area contributed by atoms with Crippen LogP contribution in [0.3, 0.4) is 0 Å². The molecule has 42 heavy (non-hydrogen) atoms. The molecule has 0 N–H and O–H groups in total. The van der Waals surface area contributed by atoms with Gasteiger partial charge in [0.2, 0.25) is 0 Å². The number of carbonyl (C=O) groups excluding carboxylic acids is 2. The van der Waals surface area contributed by atoms with Crippen LogP contribution in [0.2, 0.25) is 0 Å². The highest BCUT2D eigenvalue weighted by atomic mass is 16.5. The van der Waals surface area contributed by atoms with E-state index in [9.17, 15) is 9.59 Å². The van der Waals surface area contributed by atoms with Gasteiger partial charge in [0.1, 0.15) is 0 Å². The van der Waals surface area contributed by atoms with E-state index < -0.39 is 0 Å². The lowest BCUT2D eigenvalue weighted by Crippen LogP contribution is -2.11. The first kappa shape index (κ1) is 40.9. The van der Waals surface area contributed by atoms with E-state index in [4.69, 9.17) is 9.47 Å². The molecule has 0 fully saturated rings. The van der Waals surface area contributed by atoms with Gasteiger partial charge >= 0.3 is 11.9 Å². The maximum atomic E-state index is 11.9. The molecule has 250 valence electrons. The number of ether oxygens (including phenoxy) is 2. The summed E-state index contributed by atoms with van der Waals surface area (Å²) in [6.45, 7) is 5.51. The first-order chi connectivity index (χ1) is 20.7. The average Bonchev–Trinajstić information content (AvgIpc) is 2.99. The Labute approximate surface area is 263 Å². The number of rotatable bonds is 35. The molecule has 0 saturated heterocycles. The van der Waals surface area contributed by atoms with Gasteiger partial charge in [-0.3, -0.25) is 9.59 Å². The number of hydrogen-bond acceptors (Lipinski definition) is 4. The first-order valence-electron chi connectivity index (χ1n) is 19.0. The molecule has 0 spiro atoms. The van der Waals surface area contributed by atoms with Crippen LogP contribution in [-0.4, -0.2) is 25.2 Å². The summed E-state index contributed by atoms with van der Waals surface area (Å²) in [6.07, 6.45) is 40.0. The summed E-state index contributed by atoms with van der Waals surface area (Å²) in [5, 5.41) is 0. The van der Waals surface area contributed by atoms with Crippen LogP contribution < -0.4 is 0 Å². The normalized spacial score (nSPS) is 11.2. The smallest absolute Gasteiger partial charge is 0.306 e. The van der Waals surface area contributed by atoms with Crippen molar-refractivity contribution in [1.82, 2.24) is 0 Å². The minimum atomic E-state index is -0.274. The monoisotopic (exact) mass is 595 g/mol. The fourth-order valence-corrected chi connectivity index (χ4v) is 5.67. The van der Waals surface area contributed by atoms with Gasteiger partial charge in [-0.1, -0.05) is 194 Å². The fraction of sp³-hybridized carbons (Fsp3) is 0.947. The summed E-state index contributed by atoms with van der Waals surface area (Å²) in [4.78, 5) is 23.8. The van der Waals surface area contributed by atoms with Gasteiger partial charge in [-0.15, -0.1) is 0 Å². The van der Waals surface area contributed by atoms with Gasteiger partial charge in [0, 0.05) is 0 Å². The predicted octanol–water partition coefficient (Wildman–Crippen LogP) is 12.6. The SMILES string of the molecule is CCCCCCCCCCCCCCCCCOC(=O)CCC(=O)OCCCCCCCCCCCCCCCCC. The third-order valence-electron chi connectivity index (χ3n) is 8.56. The van der Waals surface area contributed by atoms with Crippen molar-refractivity contribution in [1.29, 1.82) is 0 Å². The zero-order chi connectivity index (χ0) is 30.6. The second kappa shape index (κ2) is 36.1. The first-order valence-corrected chi connectivity index (χ1v) is 19.0. The number of hydrogen-bond donors (Lipinski definition) is 0. The van der Waals surface area contributed by atoms with Crippen molar-refractivity contribution in [2.75, 3.05) is 13.2 Å². The van der Waals surface area contributed by atoms with E-state index in [-0.39, 0.29) is 24.8 Å². The third-order valence-corrected chi connectivity index (χ3v) is 8.56. The van der Waals surface area contributed by atoms with Crippen molar-refractivity contribution in [2.45, 2.75) is 219 Å². The molecule has 0 aliphatic carbocycles. The Morgan fingerprint density at radius 1 is 0.310 bits per heavy atom. The number of unbranched alkanes of at least 4 members (excludes halogenated alkanes) is 28. The summed E-state index contributed by atoms with van der Waals surface area (Å²) in [5.74, 6) is -0.548. The second-order valence-corrected chi connectivity index (χ2v) is 12.8. The lowest BCUT2D eigenvalue weighted by atomic mass is 10.0. The molecule has 0 heterocycles. The van der Waals surface area contributed by atoms with Crippen LogP contribution in [-0.2, 0) is 19.1 Å². The third kappa shape index (κ3) is 35.1. The fourth-order valence-electron chi connectivity index (χ4n) is 5.67. The molecule has 0 saturated carbocycles. The summed E-state index contributed by atoms with van der Waals surface area (Å²) >= 11 is 0. The van der Waals surface area contributed by atoms with Gasteiger partial charge in [0.25, 0.3) is 0 Å². The molecule has 0 aromatic heterocycles. The van der Waals surface area contributed by atoms with E-state index in [0.717, 1.165) is 25.7 Å². The summed E-state index contributed by atoms with van der Waals surface area (Å²) in [5.41, 5.74) is 0. The topological polar surface area (TPSA) is 52.6 Å². The molecular formula is C38H74O4. The molecule has 0 radical (unpaired) electrons. The minimum absolute atomic E-state index is 0.135. The molecule has 0 aromatic rings. The molecule has 0 aliphatic rings.